The highest BCUT2D eigenvalue weighted by atomic mass is 35.5. The van der Waals surface area contributed by atoms with Gasteiger partial charge in [-0.2, -0.15) is 8.61 Å². The van der Waals surface area contributed by atoms with Gasteiger partial charge in [-0.05, 0) is 42.5 Å². The number of amides is 1. The molecule has 38 heavy (non-hydrogen) atoms. The van der Waals surface area contributed by atoms with Gasteiger partial charge < -0.3 is 10.1 Å². The molecule has 13 heteroatoms. The van der Waals surface area contributed by atoms with Gasteiger partial charge in [0.2, 0.25) is 26.0 Å². The number of methoxy groups -OCH3 is 1. The normalized spacial score (nSPS) is 17.1. The maximum absolute atomic E-state index is 13.5. The number of hydrogen-bond acceptors (Lipinski definition) is 7. The van der Waals surface area contributed by atoms with Crippen molar-refractivity contribution < 1.29 is 31.2 Å². The molecule has 1 saturated heterocycles. The van der Waals surface area contributed by atoms with Gasteiger partial charge in [0.25, 0.3) is 0 Å². The number of sulfonamides is 2. The predicted molar refractivity (Wildman–Crippen MR) is 141 cm³/mol. The molecular formula is C25H24ClN3O7S2. The molecule has 0 unspecified atom stereocenters. The van der Waals surface area contributed by atoms with Crippen LogP contribution in [0.25, 0.3) is 0 Å². The fourth-order valence-corrected chi connectivity index (χ4v) is 7.27. The molecule has 200 valence electrons. The van der Waals surface area contributed by atoms with Crippen molar-refractivity contribution in [2.75, 3.05) is 32.1 Å². The minimum absolute atomic E-state index is 0.00217. The van der Waals surface area contributed by atoms with E-state index in [2.05, 4.69) is 5.32 Å². The summed E-state index contributed by atoms with van der Waals surface area (Å²) in [5, 5.41) is 2.69. The average Bonchev–Trinajstić information content (AvgIpc) is 2.94. The molecule has 0 spiro atoms. The Labute approximate surface area is 225 Å². The average molecular weight is 578 g/mol. The zero-order valence-corrected chi connectivity index (χ0v) is 22.5. The van der Waals surface area contributed by atoms with E-state index in [1.165, 1.54) is 49.6 Å². The van der Waals surface area contributed by atoms with E-state index in [9.17, 15) is 26.4 Å². The van der Waals surface area contributed by atoms with Gasteiger partial charge in [0.15, 0.2) is 0 Å². The van der Waals surface area contributed by atoms with Crippen LogP contribution < -0.4 is 5.32 Å². The molecule has 1 atom stereocenters. The summed E-state index contributed by atoms with van der Waals surface area (Å²) in [7, 11) is -6.99. The van der Waals surface area contributed by atoms with Gasteiger partial charge in [0.1, 0.15) is 6.04 Å². The van der Waals surface area contributed by atoms with Crippen LogP contribution in [0.15, 0.2) is 88.7 Å². The second-order valence-electron chi connectivity index (χ2n) is 8.30. The zero-order valence-electron chi connectivity index (χ0n) is 20.2. The van der Waals surface area contributed by atoms with Gasteiger partial charge in [0, 0.05) is 25.3 Å². The Balaban J connectivity index is 1.70. The highest BCUT2D eigenvalue weighted by molar-refractivity contribution is 7.89. The van der Waals surface area contributed by atoms with Crippen molar-refractivity contribution in [3.8, 4) is 0 Å². The zero-order chi connectivity index (χ0) is 27.5. The lowest BCUT2D eigenvalue weighted by Crippen LogP contribution is -2.60. The smallest absolute Gasteiger partial charge is 0.339 e. The van der Waals surface area contributed by atoms with E-state index in [4.69, 9.17) is 16.3 Å². The van der Waals surface area contributed by atoms with E-state index >= 15 is 0 Å². The monoisotopic (exact) mass is 577 g/mol. The molecule has 1 heterocycles. The van der Waals surface area contributed by atoms with Crippen LogP contribution in [-0.2, 0) is 29.6 Å². The third-order valence-corrected chi connectivity index (χ3v) is 10.1. The van der Waals surface area contributed by atoms with Crippen molar-refractivity contribution in [2.24, 2.45) is 0 Å². The summed E-state index contributed by atoms with van der Waals surface area (Å²) in [6, 6.07) is 18.0. The SMILES string of the molecule is COC(=O)c1cc(NC(=O)[C@@H]2CN(S(=O)(=O)c3ccccc3)CCN2S(=O)(=O)c2ccccc2)ccc1Cl. The molecule has 1 amide bonds. The lowest BCUT2D eigenvalue weighted by atomic mass is 10.1. The molecule has 4 rings (SSSR count). The molecule has 0 aromatic heterocycles. The Kier molecular flexibility index (Phi) is 8.19. The first-order valence-electron chi connectivity index (χ1n) is 11.4. The van der Waals surface area contributed by atoms with Crippen LogP contribution in [0.3, 0.4) is 0 Å². The van der Waals surface area contributed by atoms with Gasteiger partial charge >= 0.3 is 5.97 Å². The summed E-state index contributed by atoms with van der Waals surface area (Å²) in [5.41, 5.74) is 0.151. The Bertz CT molecular complexity index is 1550. The van der Waals surface area contributed by atoms with Crippen LogP contribution in [0.2, 0.25) is 5.02 Å². The summed E-state index contributed by atoms with van der Waals surface area (Å²) in [6.07, 6.45) is 0. The first kappa shape index (κ1) is 27.7. The molecule has 1 aliphatic rings. The molecule has 1 aliphatic heterocycles. The van der Waals surface area contributed by atoms with E-state index in [0.717, 1.165) is 8.61 Å². The van der Waals surface area contributed by atoms with Crippen molar-refractivity contribution in [2.45, 2.75) is 15.8 Å². The van der Waals surface area contributed by atoms with E-state index in [1.807, 2.05) is 0 Å². The van der Waals surface area contributed by atoms with Crippen LogP contribution in [0.5, 0.6) is 0 Å². The molecule has 0 bridgehead atoms. The molecule has 3 aromatic rings. The second kappa shape index (κ2) is 11.2. The molecule has 0 radical (unpaired) electrons. The number of carbonyl (C=O) groups is 2. The van der Waals surface area contributed by atoms with Gasteiger partial charge in [0.05, 0.1) is 27.5 Å². The quantitative estimate of drug-likeness (QED) is 0.427. The van der Waals surface area contributed by atoms with Gasteiger partial charge in [-0.1, -0.05) is 48.0 Å². The van der Waals surface area contributed by atoms with Crippen LogP contribution >= 0.6 is 11.6 Å². The lowest BCUT2D eigenvalue weighted by Gasteiger charge is -2.38. The van der Waals surface area contributed by atoms with E-state index < -0.39 is 44.5 Å². The number of esters is 1. The van der Waals surface area contributed by atoms with Crippen molar-refractivity contribution in [1.82, 2.24) is 8.61 Å². The maximum Gasteiger partial charge on any atom is 0.339 e. The number of rotatable bonds is 7. The largest absolute Gasteiger partial charge is 0.465 e. The van der Waals surface area contributed by atoms with Gasteiger partial charge in [-0.15, -0.1) is 0 Å². The molecular weight excluding hydrogens is 554 g/mol. The Morgan fingerprint density at radius 3 is 2.03 bits per heavy atom. The fraction of sp³-hybridized carbons (Fsp3) is 0.200. The highest BCUT2D eigenvalue weighted by Gasteiger charge is 2.43. The van der Waals surface area contributed by atoms with Crippen LogP contribution in [-0.4, -0.2) is 70.1 Å². The number of nitrogens with zero attached hydrogens (tertiary/aromatic N) is 2. The van der Waals surface area contributed by atoms with Crippen LogP contribution in [0, 0.1) is 0 Å². The van der Waals surface area contributed by atoms with Crippen LogP contribution in [0.4, 0.5) is 5.69 Å². The first-order valence-corrected chi connectivity index (χ1v) is 14.6. The van der Waals surface area contributed by atoms with E-state index in [1.54, 1.807) is 36.4 Å². The summed E-state index contributed by atoms with van der Waals surface area (Å²) in [4.78, 5) is 25.5. The van der Waals surface area contributed by atoms with Crippen molar-refractivity contribution >= 4 is 49.2 Å². The maximum atomic E-state index is 13.5. The molecule has 0 saturated carbocycles. The minimum Gasteiger partial charge on any atom is -0.465 e. The number of piperazine rings is 1. The number of anilines is 1. The van der Waals surface area contributed by atoms with E-state index in [0.29, 0.717) is 0 Å². The molecule has 10 nitrogen and oxygen atoms in total. The molecule has 1 fully saturated rings. The summed E-state index contributed by atoms with van der Waals surface area (Å²) < 4.78 is 60.4. The second-order valence-corrected chi connectivity index (χ2v) is 12.5. The fourth-order valence-electron chi connectivity index (χ4n) is 4.03. The number of hydrogen-bond donors (Lipinski definition) is 1. The molecule has 0 aliphatic carbocycles. The summed E-state index contributed by atoms with van der Waals surface area (Å²) in [6.45, 7) is -0.831. The van der Waals surface area contributed by atoms with Crippen LogP contribution in [0.1, 0.15) is 10.4 Å². The topological polar surface area (TPSA) is 130 Å². The summed E-state index contributed by atoms with van der Waals surface area (Å²) >= 11 is 6.06. The lowest BCUT2D eigenvalue weighted by molar-refractivity contribution is -0.120. The first-order chi connectivity index (χ1) is 18.1. The number of halogens is 1. The van der Waals surface area contributed by atoms with Gasteiger partial charge in [-0.3, -0.25) is 4.79 Å². The van der Waals surface area contributed by atoms with Crippen molar-refractivity contribution in [3.05, 3.63) is 89.4 Å². The number of ether oxygens (including phenoxy) is 1. The predicted octanol–water partition coefficient (Wildman–Crippen LogP) is 2.83. The Morgan fingerprint density at radius 2 is 1.45 bits per heavy atom. The number of carbonyl (C=O) groups excluding carboxylic acids is 2. The number of nitrogens with one attached hydrogen (secondary N) is 1. The minimum atomic E-state index is -4.16. The number of benzene rings is 3. The third-order valence-electron chi connectivity index (χ3n) is 5.97. The Hall–Kier alpha value is -3.29. The highest BCUT2D eigenvalue weighted by Crippen LogP contribution is 2.27. The van der Waals surface area contributed by atoms with Gasteiger partial charge in [-0.25, -0.2) is 21.6 Å². The van der Waals surface area contributed by atoms with Crippen molar-refractivity contribution in [3.63, 3.8) is 0 Å². The summed E-state index contributed by atoms with van der Waals surface area (Å²) in [5.74, 6) is -1.51. The Morgan fingerprint density at radius 1 is 0.868 bits per heavy atom. The molecule has 3 aromatic carbocycles. The van der Waals surface area contributed by atoms with Crippen molar-refractivity contribution in [1.29, 1.82) is 0 Å². The third kappa shape index (κ3) is 5.59. The van der Waals surface area contributed by atoms with E-state index in [-0.39, 0.29) is 39.2 Å². The molecule has 1 N–H and O–H groups in total. The standard InChI is InChI=1S/C25H24ClN3O7S2/c1-36-25(31)21-16-18(12-13-22(21)26)27-24(30)23-17-28(37(32,33)19-8-4-2-5-9-19)14-15-29(23)38(34,35)20-10-6-3-7-11-20/h2-13,16,23H,14-15,17H2,1H3,(H,27,30)/t23-/m0/s1.